The van der Waals surface area contributed by atoms with Crippen molar-refractivity contribution in [3.63, 3.8) is 0 Å². The summed E-state index contributed by atoms with van der Waals surface area (Å²) >= 11 is 0. The molecule has 0 saturated carbocycles. The Balaban J connectivity index is 1.60. The number of nitrogens with zero attached hydrogens (tertiary/aromatic N) is 4. The lowest BCUT2D eigenvalue weighted by Gasteiger charge is -2.32. The second kappa shape index (κ2) is 9.45. The fourth-order valence-corrected chi connectivity index (χ4v) is 4.47. The summed E-state index contributed by atoms with van der Waals surface area (Å²) in [4.78, 5) is 4.90. The van der Waals surface area contributed by atoms with Gasteiger partial charge in [0, 0.05) is 37.0 Å². The zero-order valence-electron chi connectivity index (χ0n) is 18.3. The highest BCUT2D eigenvalue weighted by Crippen LogP contribution is 2.28. The predicted molar refractivity (Wildman–Crippen MR) is 122 cm³/mol. The minimum atomic E-state index is 0.734. The van der Waals surface area contributed by atoms with E-state index in [0.29, 0.717) is 0 Å². The van der Waals surface area contributed by atoms with Crippen LogP contribution in [0.2, 0.25) is 0 Å². The predicted octanol–water partition coefficient (Wildman–Crippen LogP) is 4.32. The number of para-hydroxylation sites is 1. The Morgan fingerprint density at radius 2 is 1.97 bits per heavy atom. The van der Waals surface area contributed by atoms with Gasteiger partial charge >= 0.3 is 0 Å². The van der Waals surface area contributed by atoms with E-state index in [0.717, 1.165) is 41.7 Å². The third kappa shape index (κ3) is 4.91. The maximum atomic E-state index is 5.45. The first-order valence-corrected chi connectivity index (χ1v) is 10.8. The first kappa shape index (κ1) is 20.6. The van der Waals surface area contributed by atoms with Crippen LogP contribution >= 0.6 is 0 Å². The molecule has 1 aliphatic rings. The fourth-order valence-electron chi connectivity index (χ4n) is 4.47. The minimum Gasteiger partial charge on any atom is -0.497 e. The molecule has 2 aromatic carbocycles. The van der Waals surface area contributed by atoms with Crippen LogP contribution in [0.4, 0.5) is 0 Å². The average Bonchev–Trinajstić information content (AvgIpc) is 3.18. The zero-order valence-corrected chi connectivity index (χ0v) is 18.3. The number of piperidine rings is 1. The maximum Gasteiger partial charge on any atom is 0.119 e. The van der Waals surface area contributed by atoms with E-state index in [1.807, 2.05) is 35.0 Å². The van der Waals surface area contributed by atoms with Crippen LogP contribution in [-0.2, 0) is 6.54 Å². The maximum absolute atomic E-state index is 5.45. The molecular weight excluding hydrogens is 372 g/mol. The van der Waals surface area contributed by atoms with Gasteiger partial charge in [-0.2, -0.15) is 5.10 Å². The summed E-state index contributed by atoms with van der Waals surface area (Å²) in [7, 11) is 6.17. The fraction of sp³-hybridized carbons (Fsp3) is 0.400. The smallest absolute Gasteiger partial charge is 0.119 e. The Morgan fingerprint density at radius 3 is 2.73 bits per heavy atom. The number of rotatable bonds is 7. The third-order valence-corrected chi connectivity index (χ3v) is 5.89. The Hall–Kier alpha value is -2.63. The van der Waals surface area contributed by atoms with Crippen molar-refractivity contribution in [1.29, 1.82) is 0 Å². The topological polar surface area (TPSA) is 33.5 Å². The van der Waals surface area contributed by atoms with E-state index in [2.05, 4.69) is 54.4 Å². The minimum absolute atomic E-state index is 0.734. The van der Waals surface area contributed by atoms with E-state index < -0.39 is 0 Å². The molecule has 1 atom stereocenters. The molecule has 0 N–H and O–H groups in total. The number of benzene rings is 2. The Labute approximate surface area is 179 Å². The number of likely N-dealkylation sites (tertiary alicyclic amines) is 1. The highest BCUT2D eigenvalue weighted by atomic mass is 16.5. The Morgan fingerprint density at radius 1 is 1.13 bits per heavy atom. The van der Waals surface area contributed by atoms with E-state index in [-0.39, 0.29) is 0 Å². The van der Waals surface area contributed by atoms with Gasteiger partial charge in [0.2, 0.25) is 0 Å². The van der Waals surface area contributed by atoms with Gasteiger partial charge in [-0.15, -0.1) is 0 Å². The summed E-state index contributed by atoms with van der Waals surface area (Å²) in [5.74, 6) is 1.59. The van der Waals surface area contributed by atoms with Gasteiger partial charge in [0.25, 0.3) is 0 Å². The van der Waals surface area contributed by atoms with Crippen molar-refractivity contribution in [3.05, 3.63) is 66.4 Å². The summed E-state index contributed by atoms with van der Waals surface area (Å²) in [6, 6.07) is 18.5. The van der Waals surface area contributed by atoms with Crippen LogP contribution in [0.25, 0.3) is 16.9 Å². The van der Waals surface area contributed by atoms with Gasteiger partial charge in [-0.25, -0.2) is 4.68 Å². The van der Waals surface area contributed by atoms with Gasteiger partial charge < -0.3 is 14.5 Å². The van der Waals surface area contributed by atoms with Gasteiger partial charge in [0.05, 0.1) is 18.5 Å². The van der Waals surface area contributed by atoms with E-state index >= 15 is 0 Å². The molecule has 4 rings (SSSR count). The van der Waals surface area contributed by atoms with Crippen LogP contribution in [0.15, 0.2) is 60.8 Å². The van der Waals surface area contributed by atoms with E-state index in [1.54, 1.807) is 7.11 Å². The molecule has 1 aliphatic heterocycles. The largest absolute Gasteiger partial charge is 0.497 e. The van der Waals surface area contributed by atoms with Crippen molar-refractivity contribution in [2.24, 2.45) is 5.92 Å². The molecular formula is C25H32N4O. The lowest BCUT2D eigenvalue weighted by atomic mass is 9.98. The van der Waals surface area contributed by atoms with Gasteiger partial charge in [0.15, 0.2) is 0 Å². The average molecular weight is 405 g/mol. The van der Waals surface area contributed by atoms with Crippen LogP contribution in [0.5, 0.6) is 5.75 Å². The zero-order chi connectivity index (χ0) is 20.9. The SMILES string of the molecule is COc1cccc(-c2nn(-c3ccccc3)cc2CN(C)CC2CCCN(C)C2)c1. The molecule has 30 heavy (non-hydrogen) atoms. The molecule has 0 radical (unpaired) electrons. The van der Waals surface area contributed by atoms with E-state index in [4.69, 9.17) is 9.84 Å². The lowest BCUT2D eigenvalue weighted by molar-refractivity contribution is 0.164. The molecule has 5 nitrogen and oxygen atoms in total. The molecule has 2 heterocycles. The van der Waals surface area contributed by atoms with Crippen molar-refractivity contribution in [2.75, 3.05) is 40.8 Å². The van der Waals surface area contributed by atoms with Crippen molar-refractivity contribution in [3.8, 4) is 22.7 Å². The molecule has 0 bridgehead atoms. The molecule has 5 heteroatoms. The number of hydrogen-bond donors (Lipinski definition) is 0. The standard InChI is InChI=1S/C25H32N4O/c1-27-14-8-9-20(16-27)17-28(2)18-22-19-29(23-11-5-4-6-12-23)26-25(22)21-10-7-13-24(15-21)30-3/h4-7,10-13,15,19-20H,8-9,14,16-18H2,1-3H3. The normalized spacial score (nSPS) is 17.4. The van der Waals surface area contributed by atoms with Crippen LogP contribution in [0, 0.1) is 5.92 Å². The lowest BCUT2D eigenvalue weighted by Crippen LogP contribution is -2.37. The molecule has 1 saturated heterocycles. The highest BCUT2D eigenvalue weighted by molar-refractivity contribution is 5.65. The Kier molecular flexibility index (Phi) is 6.50. The van der Waals surface area contributed by atoms with E-state index in [9.17, 15) is 0 Å². The highest BCUT2D eigenvalue weighted by Gasteiger charge is 2.20. The van der Waals surface area contributed by atoms with Crippen molar-refractivity contribution in [1.82, 2.24) is 19.6 Å². The van der Waals surface area contributed by atoms with Gasteiger partial charge in [-0.05, 0) is 63.7 Å². The summed E-state index contributed by atoms with van der Waals surface area (Å²) < 4.78 is 7.44. The first-order valence-electron chi connectivity index (χ1n) is 10.8. The van der Waals surface area contributed by atoms with Gasteiger partial charge in [0.1, 0.15) is 5.75 Å². The molecule has 1 unspecified atom stereocenters. The molecule has 0 aliphatic carbocycles. The quantitative estimate of drug-likeness (QED) is 0.587. The molecule has 1 aromatic heterocycles. The number of hydrogen-bond acceptors (Lipinski definition) is 4. The van der Waals surface area contributed by atoms with Crippen molar-refractivity contribution >= 4 is 0 Å². The number of ether oxygens (including phenoxy) is 1. The first-order chi connectivity index (χ1) is 14.6. The van der Waals surface area contributed by atoms with Gasteiger partial charge in [-0.3, -0.25) is 0 Å². The van der Waals surface area contributed by atoms with Crippen LogP contribution in [-0.4, -0.2) is 60.4 Å². The Bertz CT molecular complexity index is 953. The third-order valence-electron chi connectivity index (χ3n) is 5.89. The molecule has 0 amide bonds. The van der Waals surface area contributed by atoms with Crippen LogP contribution < -0.4 is 4.74 Å². The monoisotopic (exact) mass is 404 g/mol. The van der Waals surface area contributed by atoms with Crippen LogP contribution in [0.3, 0.4) is 0 Å². The molecule has 0 spiro atoms. The summed E-state index contributed by atoms with van der Waals surface area (Å²) in [5.41, 5.74) is 4.42. The van der Waals surface area contributed by atoms with Crippen LogP contribution in [0.1, 0.15) is 18.4 Å². The number of aromatic nitrogens is 2. The van der Waals surface area contributed by atoms with Gasteiger partial charge in [-0.1, -0.05) is 30.3 Å². The second-order valence-corrected chi connectivity index (χ2v) is 8.48. The molecule has 1 fully saturated rings. The van der Waals surface area contributed by atoms with Crippen molar-refractivity contribution in [2.45, 2.75) is 19.4 Å². The molecule has 158 valence electrons. The van der Waals surface area contributed by atoms with Crippen molar-refractivity contribution < 1.29 is 4.74 Å². The second-order valence-electron chi connectivity index (χ2n) is 8.48. The summed E-state index contributed by atoms with van der Waals surface area (Å²) in [6.07, 6.45) is 4.80. The number of methoxy groups -OCH3 is 1. The summed E-state index contributed by atoms with van der Waals surface area (Å²) in [6.45, 7) is 4.40. The summed E-state index contributed by atoms with van der Waals surface area (Å²) in [5, 5.41) is 4.96. The molecule has 3 aromatic rings. The van der Waals surface area contributed by atoms with E-state index in [1.165, 1.54) is 31.5 Å².